The van der Waals surface area contributed by atoms with Crippen LogP contribution in [-0.2, 0) is 15.6 Å². The summed E-state index contributed by atoms with van der Waals surface area (Å²) in [6, 6.07) is 14.3. The second kappa shape index (κ2) is 8.50. The molecule has 162 valence electrons. The van der Waals surface area contributed by atoms with Crippen molar-refractivity contribution < 1.29 is 17.7 Å². The molecular formula is C22H24N4O4S. The Balaban J connectivity index is 1.40. The molecule has 31 heavy (non-hydrogen) atoms. The monoisotopic (exact) mass is 440 g/mol. The molecule has 3 aromatic rings. The van der Waals surface area contributed by atoms with Gasteiger partial charge in [-0.25, -0.2) is 8.42 Å². The smallest absolute Gasteiger partial charge is 0.316 e. The van der Waals surface area contributed by atoms with Crippen LogP contribution in [0.3, 0.4) is 0 Å². The maximum atomic E-state index is 12.8. The van der Waals surface area contributed by atoms with Gasteiger partial charge in [0.05, 0.1) is 4.90 Å². The second-order valence-corrected chi connectivity index (χ2v) is 9.58. The zero-order valence-corrected chi connectivity index (χ0v) is 18.3. The third kappa shape index (κ3) is 4.46. The standard InChI is InChI=1S/C22H24N4O4S/c1-16-7-6-10-19(17(16)2)25-11-13-26(14-12-25)22(27)21-23-20(24-30-21)15-31(28,29)18-8-4-3-5-9-18/h3-10H,11-15H2,1-2H3. The first-order valence-electron chi connectivity index (χ1n) is 10.1. The van der Waals surface area contributed by atoms with Gasteiger partial charge in [0.25, 0.3) is 0 Å². The summed E-state index contributed by atoms with van der Waals surface area (Å²) in [6.07, 6.45) is 0. The van der Waals surface area contributed by atoms with Crippen molar-refractivity contribution in [3.05, 3.63) is 71.4 Å². The van der Waals surface area contributed by atoms with Crippen LogP contribution in [0.4, 0.5) is 5.69 Å². The fraction of sp³-hybridized carbons (Fsp3) is 0.318. The van der Waals surface area contributed by atoms with Crippen molar-refractivity contribution in [1.29, 1.82) is 0 Å². The summed E-state index contributed by atoms with van der Waals surface area (Å²) >= 11 is 0. The average molecular weight is 441 g/mol. The molecule has 0 N–H and O–H groups in total. The molecule has 1 aliphatic heterocycles. The minimum absolute atomic E-state index is 0.0266. The van der Waals surface area contributed by atoms with E-state index in [1.54, 1.807) is 23.1 Å². The number of nitrogens with zero attached hydrogens (tertiary/aromatic N) is 4. The molecule has 0 spiro atoms. The highest BCUT2D eigenvalue weighted by molar-refractivity contribution is 7.90. The number of hydrogen-bond donors (Lipinski definition) is 0. The lowest BCUT2D eigenvalue weighted by atomic mass is 10.1. The van der Waals surface area contributed by atoms with E-state index in [1.807, 2.05) is 6.07 Å². The summed E-state index contributed by atoms with van der Waals surface area (Å²) in [5.41, 5.74) is 3.65. The van der Waals surface area contributed by atoms with Gasteiger partial charge in [-0.3, -0.25) is 4.79 Å². The number of anilines is 1. The lowest BCUT2D eigenvalue weighted by Crippen LogP contribution is -2.49. The normalized spacial score (nSPS) is 14.6. The van der Waals surface area contributed by atoms with Gasteiger partial charge in [-0.2, -0.15) is 4.98 Å². The highest BCUT2D eigenvalue weighted by Crippen LogP contribution is 2.24. The number of carbonyl (C=O) groups excluding carboxylic acids is 1. The molecule has 1 saturated heterocycles. The molecule has 0 unspecified atom stereocenters. The molecule has 4 rings (SSSR count). The Morgan fingerprint density at radius 3 is 2.42 bits per heavy atom. The van der Waals surface area contributed by atoms with E-state index >= 15 is 0 Å². The quantitative estimate of drug-likeness (QED) is 0.602. The fourth-order valence-electron chi connectivity index (χ4n) is 3.64. The van der Waals surface area contributed by atoms with Crippen molar-refractivity contribution in [1.82, 2.24) is 15.0 Å². The van der Waals surface area contributed by atoms with E-state index in [1.165, 1.54) is 28.9 Å². The number of aryl methyl sites for hydroxylation is 1. The van der Waals surface area contributed by atoms with E-state index < -0.39 is 15.6 Å². The van der Waals surface area contributed by atoms with Crippen LogP contribution in [0.5, 0.6) is 0 Å². The van der Waals surface area contributed by atoms with E-state index in [-0.39, 0.29) is 22.5 Å². The lowest BCUT2D eigenvalue weighted by Gasteiger charge is -2.36. The Bertz CT molecular complexity index is 1180. The Morgan fingerprint density at radius 2 is 1.71 bits per heavy atom. The predicted molar refractivity (Wildman–Crippen MR) is 116 cm³/mol. The van der Waals surface area contributed by atoms with Gasteiger partial charge in [0, 0.05) is 31.9 Å². The molecule has 1 amide bonds. The highest BCUT2D eigenvalue weighted by atomic mass is 32.2. The zero-order chi connectivity index (χ0) is 22.0. The van der Waals surface area contributed by atoms with Crippen molar-refractivity contribution in [3.8, 4) is 0 Å². The lowest BCUT2D eigenvalue weighted by molar-refractivity contribution is 0.0696. The molecule has 0 atom stereocenters. The van der Waals surface area contributed by atoms with Gasteiger partial charge in [-0.1, -0.05) is 35.5 Å². The van der Waals surface area contributed by atoms with Crippen LogP contribution in [0.2, 0.25) is 0 Å². The number of sulfone groups is 1. The van der Waals surface area contributed by atoms with Gasteiger partial charge < -0.3 is 14.3 Å². The van der Waals surface area contributed by atoms with E-state index in [2.05, 4.69) is 41.0 Å². The van der Waals surface area contributed by atoms with Gasteiger partial charge in [0.2, 0.25) is 0 Å². The van der Waals surface area contributed by atoms with Gasteiger partial charge in [-0.15, -0.1) is 0 Å². The van der Waals surface area contributed by atoms with Crippen molar-refractivity contribution in [2.45, 2.75) is 24.5 Å². The molecule has 1 fully saturated rings. The molecule has 9 heteroatoms. The van der Waals surface area contributed by atoms with Crippen LogP contribution < -0.4 is 4.90 Å². The number of piperazine rings is 1. The molecule has 1 aliphatic rings. The molecule has 0 radical (unpaired) electrons. The van der Waals surface area contributed by atoms with Crippen LogP contribution in [-0.4, -0.2) is 55.5 Å². The highest BCUT2D eigenvalue weighted by Gasteiger charge is 2.28. The van der Waals surface area contributed by atoms with Crippen molar-refractivity contribution >= 4 is 21.4 Å². The molecule has 2 heterocycles. The van der Waals surface area contributed by atoms with Crippen molar-refractivity contribution in [2.75, 3.05) is 31.1 Å². The maximum Gasteiger partial charge on any atom is 0.316 e. The summed E-state index contributed by atoms with van der Waals surface area (Å²) in [6.45, 7) is 6.62. The van der Waals surface area contributed by atoms with Gasteiger partial charge >= 0.3 is 11.8 Å². The van der Waals surface area contributed by atoms with Gasteiger partial charge in [0.15, 0.2) is 15.7 Å². The van der Waals surface area contributed by atoms with E-state index in [0.29, 0.717) is 26.2 Å². The van der Waals surface area contributed by atoms with E-state index in [4.69, 9.17) is 4.52 Å². The number of hydrogen-bond acceptors (Lipinski definition) is 7. The minimum Gasteiger partial charge on any atom is -0.368 e. The summed E-state index contributed by atoms with van der Waals surface area (Å²) in [5, 5.41) is 3.70. The Hall–Kier alpha value is -3.20. The topological polar surface area (TPSA) is 96.6 Å². The van der Waals surface area contributed by atoms with E-state index in [0.717, 1.165) is 0 Å². The number of rotatable bonds is 5. The van der Waals surface area contributed by atoms with Gasteiger partial charge in [0.1, 0.15) is 5.75 Å². The average Bonchev–Trinajstić information content (AvgIpc) is 3.24. The maximum absolute atomic E-state index is 12.8. The third-order valence-electron chi connectivity index (χ3n) is 5.56. The Morgan fingerprint density at radius 1 is 1.00 bits per heavy atom. The van der Waals surface area contributed by atoms with Crippen LogP contribution in [0.25, 0.3) is 0 Å². The van der Waals surface area contributed by atoms with Crippen molar-refractivity contribution in [3.63, 3.8) is 0 Å². The largest absolute Gasteiger partial charge is 0.368 e. The summed E-state index contributed by atoms with van der Waals surface area (Å²) in [5.74, 6) is -1.01. The molecule has 1 aromatic heterocycles. The predicted octanol–water partition coefficient (Wildman–Crippen LogP) is 2.62. The third-order valence-corrected chi connectivity index (χ3v) is 7.18. The molecule has 0 saturated carbocycles. The van der Waals surface area contributed by atoms with Crippen LogP contribution in [0.15, 0.2) is 57.9 Å². The summed E-state index contributed by atoms with van der Waals surface area (Å²) in [7, 11) is -3.61. The first-order chi connectivity index (χ1) is 14.8. The number of benzene rings is 2. The fourth-order valence-corrected chi connectivity index (χ4v) is 4.84. The summed E-state index contributed by atoms with van der Waals surface area (Å²) in [4.78, 5) is 20.9. The Labute approximate surface area is 181 Å². The van der Waals surface area contributed by atoms with Crippen LogP contribution in [0.1, 0.15) is 27.6 Å². The SMILES string of the molecule is Cc1cccc(N2CCN(C(=O)c3nc(CS(=O)(=O)c4ccccc4)no3)CC2)c1C. The van der Waals surface area contributed by atoms with Crippen LogP contribution >= 0.6 is 0 Å². The first-order valence-corrected chi connectivity index (χ1v) is 11.7. The molecule has 0 bridgehead atoms. The first kappa shape index (κ1) is 21.0. The van der Waals surface area contributed by atoms with Gasteiger partial charge in [-0.05, 0) is 43.2 Å². The second-order valence-electron chi connectivity index (χ2n) is 7.59. The zero-order valence-electron chi connectivity index (χ0n) is 17.5. The minimum atomic E-state index is -3.61. The summed E-state index contributed by atoms with van der Waals surface area (Å²) < 4.78 is 30.0. The Kier molecular flexibility index (Phi) is 5.77. The molecule has 8 nitrogen and oxygen atoms in total. The molecule has 2 aromatic carbocycles. The van der Waals surface area contributed by atoms with Crippen molar-refractivity contribution in [2.24, 2.45) is 0 Å². The number of aromatic nitrogens is 2. The molecular weight excluding hydrogens is 416 g/mol. The van der Waals surface area contributed by atoms with E-state index in [9.17, 15) is 13.2 Å². The number of amides is 1. The number of carbonyl (C=O) groups is 1. The molecule has 0 aliphatic carbocycles. The van der Waals surface area contributed by atoms with Crippen LogP contribution in [0, 0.1) is 13.8 Å².